The van der Waals surface area contributed by atoms with Crippen molar-refractivity contribution in [1.82, 2.24) is 14.7 Å². The lowest BCUT2D eigenvalue weighted by Crippen LogP contribution is -2.42. The summed E-state index contributed by atoms with van der Waals surface area (Å²) in [7, 11) is 0. The molecule has 1 aliphatic rings. The van der Waals surface area contributed by atoms with E-state index in [0.29, 0.717) is 17.5 Å². The van der Waals surface area contributed by atoms with Gasteiger partial charge in [0.1, 0.15) is 0 Å². The van der Waals surface area contributed by atoms with Crippen LogP contribution in [-0.4, -0.2) is 38.8 Å². The van der Waals surface area contributed by atoms with E-state index in [0.717, 1.165) is 36.6 Å². The van der Waals surface area contributed by atoms with Gasteiger partial charge in [0.25, 0.3) is 0 Å². The summed E-state index contributed by atoms with van der Waals surface area (Å²) in [6.07, 6.45) is 0.758. The summed E-state index contributed by atoms with van der Waals surface area (Å²) < 4.78 is 1.93. The molecule has 5 nitrogen and oxygen atoms in total. The van der Waals surface area contributed by atoms with Gasteiger partial charge in [-0.3, -0.25) is 9.69 Å². The minimum absolute atomic E-state index is 0.282. The number of aliphatic carboxylic acids is 1. The van der Waals surface area contributed by atoms with Crippen LogP contribution in [-0.2, 0) is 11.3 Å². The molecule has 2 atom stereocenters. The number of rotatable bonds is 4. The largest absolute Gasteiger partial charge is 0.481 e. The Morgan fingerprint density at radius 3 is 2.60 bits per heavy atom. The fourth-order valence-corrected chi connectivity index (χ4v) is 3.86. The molecule has 0 bridgehead atoms. The summed E-state index contributed by atoms with van der Waals surface area (Å²) in [6, 6.07) is 7.62. The summed E-state index contributed by atoms with van der Waals surface area (Å²) in [4.78, 5) is 13.6. The summed E-state index contributed by atoms with van der Waals surface area (Å²) in [5.41, 5.74) is 4.22. The molecule has 2 unspecified atom stereocenters. The quantitative estimate of drug-likeness (QED) is 0.902. The van der Waals surface area contributed by atoms with Crippen molar-refractivity contribution in [2.75, 3.05) is 13.1 Å². The normalized spacial score (nSPS) is 21.4. The van der Waals surface area contributed by atoms with Crippen LogP contribution in [0.15, 0.2) is 24.3 Å². The maximum Gasteiger partial charge on any atom is 0.307 e. The molecule has 1 aliphatic heterocycles. The Morgan fingerprint density at radius 1 is 1.28 bits per heavy atom. The second-order valence-electron chi connectivity index (χ2n) is 7.11. The number of carboxylic acid groups (broad SMARTS) is 1. The average molecular weight is 362 g/mol. The first kappa shape index (κ1) is 18.0. The number of aryl methyl sites for hydroxylation is 1. The summed E-state index contributed by atoms with van der Waals surface area (Å²) >= 11 is 5.97. The average Bonchev–Trinajstić information content (AvgIpc) is 2.83. The summed E-state index contributed by atoms with van der Waals surface area (Å²) in [6.45, 7) is 8.46. The molecule has 0 amide bonds. The van der Waals surface area contributed by atoms with E-state index in [2.05, 4.69) is 23.8 Å². The highest BCUT2D eigenvalue weighted by atomic mass is 35.5. The van der Waals surface area contributed by atoms with Gasteiger partial charge in [0.05, 0.1) is 17.3 Å². The molecule has 1 fully saturated rings. The second kappa shape index (κ2) is 7.18. The van der Waals surface area contributed by atoms with Gasteiger partial charge in [0, 0.05) is 35.9 Å². The third-order valence-corrected chi connectivity index (χ3v) is 5.23. The van der Waals surface area contributed by atoms with Gasteiger partial charge < -0.3 is 5.11 Å². The molecule has 0 aliphatic carbocycles. The Hall–Kier alpha value is -1.85. The lowest BCUT2D eigenvalue weighted by atomic mass is 9.90. The fourth-order valence-electron chi connectivity index (χ4n) is 3.73. The molecular formula is C19H24ClN3O2. The predicted molar refractivity (Wildman–Crippen MR) is 98.2 cm³/mol. The van der Waals surface area contributed by atoms with Crippen molar-refractivity contribution in [2.24, 2.45) is 11.8 Å². The Labute approximate surface area is 153 Å². The molecule has 25 heavy (non-hydrogen) atoms. The van der Waals surface area contributed by atoms with E-state index in [1.165, 1.54) is 5.56 Å². The van der Waals surface area contributed by atoms with E-state index in [9.17, 15) is 9.90 Å². The molecular weight excluding hydrogens is 338 g/mol. The molecule has 0 saturated carbocycles. The number of hydrogen-bond donors (Lipinski definition) is 1. The van der Waals surface area contributed by atoms with Crippen molar-refractivity contribution in [3.63, 3.8) is 0 Å². The molecule has 1 aromatic heterocycles. The first-order valence-electron chi connectivity index (χ1n) is 8.61. The van der Waals surface area contributed by atoms with Crippen LogP contribution in [0.2, 0.25) is 5.02 Å². The SMILES string of the molecule is Cc1nn(-c2ccc(Cl)cc2)c(C)c1CN1CC(C)CC(C(=O)O)C1. The van der Waals surface area contributed by atoms with Crippen molar-refractivity contribution < 1.29 is 9.90 Å². The lowest BCUT2D eigenvalue weighted by Gasteiger charge is -2.34. The van der Waals surface area contributed by atoms with Gasteiger partial charge in [-0.25, -0.2) is 4.68 Å². The van der Waals surface area contributed by atoms with Crippen LogP contribution in [0, 0.1) is 25.7 Å². The zero-order valence-electron chi connectivity index (χ0n) is 14.9. The number of likely N-dealkylation sites (tertiary alicyclic amines) is 1. The summed E-state index contributed by atoms with van der Waals surface area (Å²) in [5, 5.41) is 14.8. The van der Waals surface area contributed by atoms with Gasteiger partial charge in [-0.2, -0.15) is 5.10 Å². The first-order valence-corrected chi connectivity index (χ1v) is 8.99. The van der Waals surface area contributed by atoms with Crippen LogP contribution in [0.5, 0.6) is 0 Å². The van der Waals surface area contributed by atoms with Gasteiger partial charge >= 0.3 is 5.97 Å². The highest BCUT2D eigenvalue weighted by Crippen LogP contribution is 2.26. The van der Waals surface area contributed by atoms with Crippen LogP contribution < -0.4 is 0 Å². The van der Waals surface area contributed by atoms with E-state index in [1.54, 1.807) is 0 Å². The summed E-state index contributed by atoms with van der Waals surface area (Å²) in [5.74, 6) is -0.584. The van der Waals surface area contributed by atoms with E-state index >= 15 is 0 Å². The number of hydrogen-bond acceptors (Lipinski definition) is 3. The van der Waals surface area contributed by atoms with Crippen molar-refractivity contribution >= 4 is 17.6 Å². The van der Waals surface area contributed by atoms with E-state index in [4.69, 9.17) is 11.6 Å². The zero-order valence-corrected chi connectivity index (χ0v) is 15.6. The number of benzene rings is 1. The minimum atomic E-state index is -0.693. The minimum Gasteiger partial charge on any atom is -0.481 e. The van der Waals surface area contributed by atoms with Crippen molar-refractivity contribution in [2.45, 2.75) is 33.7 Å². The number of nitrogens with zero attached hydrogens (tertiary/aromatic N) is 3. The Morgan fingerprint density at radius 2 is 1.96 bits per heavy atom. The Kier molecular flexibility index (Phi) is 5.16. The van der Waals surface area contributed by atoms with Crippen LogP contribution in [0.25, 0.3) is 5.69 Å². The zero-order chi connectivity index (χ0) is 18.1. The number of carbonyl (C=O) groups is 1. The smallest absolute Gasteiger partial charge is 0.307 e. The van der Waals surface area contributed by atoms with Crippen molar-refractivity contribution in [3.05, 3.63) is 46.2 Å². The molecule has 0 spiro atoms. The van der Waals surface area contributed by atoms with Crippen LogP contribution in [0.3, 0.4) is 0 Å². The maximum atomic E-state index is 11.4. The van der Waals surface area contributed by atoms with Gasteiger partial charge in [-0.15, -0.1) is 0 Å². The molecule has 1 N–H and O–H groups in total. The molecule has 0 radical (unpaired) electrons. The Bertz CT molecular complexity index is 770. The molecule has 6 heteroatoms. The number of aromatic nitrogens is 2. The third kappa shape index (κ3) is 3.88. The van der Waals surface area contributed by atoms with E-state index in [1.807, 2.05) is 35.9 Å². The van der Waals surface area contributed by atoms with Gasteiger partial charge in [0.2, 0.25) is 0 Å². The molecule has 3 rings (SSSR count). The van der Waals surface area contributed by atoms with Crippen molar-refractivity contribution in [3.8, 4) is 5.69 Å². The highest BCUT2D eigenvalue weighted by Gasteiger charge is 2.30. The van der Waals surface area contributed by atoms with Gasteiger partial charge in [0.15, 0.2) is 0 Å². The molecule has 134 valence electrons. The van der Waals surface area contributed by atoms with Gasteiger partial charge in [-0.1, -0.05) is 18.5 Å². The van der Waals surface area contributed by atoms with Crippen LogP contribution in [0.1, 0.15) is 30.3 Å². The predicted octanol–water partition coefficient (Wildman–Crippen LogP) is 3.69. The maximum absolute atomic E-state index is 11.4. The number of halogens is 1. The Balaban J connectivity index is 1.83. The second-order valence-corrected chi connectivity index (χ2v) is 7.54. The standard InChI is InChI=1S/C19H24ClN3O2/c1-12-8-15(19(24)25)10-22(9-12)11-18-13(2)21-23(14(18)3)17-6-4-16(20)5-7-17/h4-7,12,15H,8-11H2,1-3H3,(H,24,25). The number of carboxylic acids is 1. The lowest BCUT2D eigenvalue weighted by molar-refractivity contribution is -0.144. The third-order valence-electron chi connectivity index (χ3n) is 4.98. The molecule has 1 aromatic carbocycles. The number of piperidine rings is 1. The molecule has 2 heterocycles. The monoisotopic (exact) mass is 361 g/mol. The highest BCUT2D eigenvalue weighted by molar-refractivity contribution is 6.30. The van der Waals surface area contributed by atoms with Gasteiger partial charge in [-0.05, 0) is 50.5 Å². The van der Waals surface area contributed by atoms with Crippen molar-refractivity contribution in [1.29, 1.82) is 0 Å². The first-order chi connectivity index (χ1) is 11.8. The fraction of sp³-hybridized carbons (Fsp3) is 0.474. The molecule has 2 aromatic rings. The topological polar surface area (TPSA) is 58.4 Å². The molecule has 1 saturated heterocycles. The van der Waals surface area contributed by atoms with Crippen LogP contribution in [0.4, 0.5) is 0 Å². The van der Waals surface area contributed by atoms with E-state index in [-0.39, 0.29) is 5.92 Å². The van der Waals surface area contributed by atoms with E-state index < -0.39 is 5.97 Å². The van der Waals surface area contributed by atoms with Crippen LogP contribution >= 0.6 is 11.6 Å².